The number of fused-ring (bicyclic) bond motifs is 1. The van der Waals surface area contributed by atoms with Crippen molar-refractivity contribution in [1.82, 2.24) is 0 Å². The van der Waals surface area contributed by atoms with E-state index in [0.29, 0.717) is 5.56 Å². The summed E-state index contributed by atoms with van der Waals surface area (Å²) in [5, 5.41) is 8.91. The average Bonchev–Trinajstić information content (AvgIpc) is 2.48. The van der Waals surface area contributed by atoms with Gasteiger partial charge >= 0.3 is 5.97 Å². The van der Waals surface area contributed by atoms with Crippen molar-refractivity contribution in [2.24, 2.45) is 0 Å². The summed E-state index contributed by atoms with van der Waals surface area (Å²) < 4.78 is 0. The molecule has 0 fully saturated rings. The molecule has 0 saturated carbocycles. The number of carbonyl (C=O) groups is 1. The van der Waals surface area contributed by atoms with Gasteiger partial charge in [0.15, 0.2) is 0 Å². The zero-order chi connectivity index (χ0) is 10.3. The lowest BCUT2D eigenvalue weighted by atomic mass is 9.98. The third-order valence-electron chi connectivity index (χ3n) is 2.76. The molecule has 0 heterocycles. The molecule has 0 spiro atoms. The van der Waals surface area contributed by atoms with E-state index in [2.05, 4.69) is 6.08 Å². The third kappa shape index (κ3) is 1.23. The molecule has 2 nitrogen and oxygen atoms in total. The summed E-state index contributed by atoms with van der Waals surface area (Å²) in [5.74, 6) is -0.851. The van der Waals surface area contributed by atoms with Crippen LogP contribution in [0.5, 0.6) is 0 Å². The van der Waals surface area contributed by atoms with E-state index < -0.39 is 5.97 Å². The summed E-state index contributed by atoms with van der Waals surface area (Å²) in [6, 6.07) is 3.51. The first kappa shape index (κ1) is 9.00. The van der Waals surface area contributed by atoms with Crippen LogP contribution < -0.4 is 0 Å². The molecule has 72 valence electrons. The minimum absolute atomic E-state index is 0.385. The number of rotatable bonds is 1. The van der Waals surface area contributed by atoms with Crippen molar-refractivity contribution in [3.05, 3.63) is 40.5 Å². The van der Waals surface area contributed by atoms with E-state index in [1.54, 1.807) is 12.1 Å². The Hall–Kier alpha value is -1.57. The lowest BCUT2D eigenvalue weighted by Crippen LogP contribution is -2.00. The molecule has 2 heteroatoms. The highest BCUT2D eigenvalue weighted by Gasteiger charge is 2.16. The topological polar surface area (TPSA) is 37.3 Å². The molecule has 1 aromatic carbocycles. The maximum absolute atomic E-state index is 10.8. The number of allylic oxidation sites excluding steroid dienone is 2. The number of aryl methyl sites for hydroxylation is 1. The molecule has 0 aromatic heterocycles. The monoisotopic (exact) mass is 188 g/mol. The van der Waals surface area contributed by atoms with E-state index in [4.69, 9.17) is 5.11 Å². The Balaban J connectivity index is 2.63. The van der Waals surface area contributed by atoms with Gasteiger partial charge in [-0.15, -0.1) is 0 Å². The van der Waals surface area contributed by atoms with Gasteiger partial charge in [0.25, 0.3) is 0 Å². The molecule has 14 heavy (non-hydrogen) atoms. The molecule has 1 aliphatic carbocycles. The summed E-state index contributed by atoms with van der Waals surface area (Å²) in [6.45, 7) is 3.99. The zero-order valence-corrected chi connectivity index (χ0v) is 8.29. The van der Waals surface area contributed by atoms with Crippen LogP contribution in [0.1, 0.15) is 34.0 Å². The van der Waals surface area contributed by atoms with Crippen molar-refractivity contribution in [2.75, 3.05) is 0 Å². The van der Waals surface area contributed by atoms with E-state index in [9.17, 15) is 4.79 Å². The van der Waals surface area contributed by atoms with Gasteiger partial charge in [-0.05, 0) is 54.7 Å². The van der Waals surface area contributed by atoms with Gasteiger partial charge in [0.1, 0.15) is 0 Å². The van der Waals surface area contributed by atoms with E-state index in [1.807, 2.05) is 13.8 Å². The normalized spacial score (nSPS) is 13.7. The lowest BCUT2D eigenvalue weighted by molar-refractivity contribution is 0.0696. The second-order valence-electron chi connectivity index (χ2n) is 3.72. The van der Waals surface area contributed by atoms with Gasteiger partial charge in [0, 0.05) is 0 Å². The number of carboxylic acids is 1. The smallest absolute Gasteiger partial charge is 0.335 e. The number of benzene rings is 1. The van der Waals surface area contributed by atoms with E-state index in [0.717, 1.165) is 17.5 Å². The van der Waals surface area contributed by atoms with Crippen LogP contribution in [-0.4, -0.2) is 11.1 Å². The fourth-order valence-corrected chi connectivity index (χ4v) is 1.93. The molecule has 1 aromatic rings. The fraction of sp³-hybridized carbons (Fsp3) is 0.250. The van der Waals surface area contributed by atoms with Crippen LogP contribution in [0.4, 0.5) is 0 Å². The molecule has 0 atom stereocenters. The highest BCUT2D eigenvalue weighted by molar-refractivity contribution is 5.90. The van der Waals surface area contributed by atoms with Crippen molar-refractivity contribution in [1.29, 1.82) is 0 Å². The summed E-state index contributed by atoms with van der Waals surface area (Å²) in [6.07, 6.45) is 3.08. The number of carboxylic acid groups (broad SMARTS) is 1. The molecule has 2 rings (SSSR count). The van der Waals surface area contributed by atoms with Crippen molar-refractivity contribution in [3.63, 3.8) is 0 Å². The summed E-state index contributed by atoms with van der Waals surface area (Å²) in [4.78, 5) is 10.8. The van der Waals surface area contributed by atoms with Gasteiger partial charge in [0.2, 0.25) is 0 Å². The van der Waals surface area contributed by atoms with Crippen LogP contribution in [0.15, 0.2) is 18.2 Å². The minimum Gasteiger partial charge on any atom is -0.478 e. The molecular formula is C12H12O2. The minimum atomic E-state index is -0.851. The molecule has 1 aliphatic rings. The number of hydrogen-bond acceptors (Lipinski definition) is 1. The van der Waals surface area contributed by atoms with Gasteiger partial charge < -0.3 is 5.11 Å². The standard InChI is InChI=1S/C12H12O2/c1-7-3-4-10-8(2)5-9(12(13)14)6-11(7)10/h3,5-6H,4H2,1-2H3,(H,13,14). The van der Waals surface area contributed by atoms with Gasteiger partial charge in [-0.25, -0.2) is 4.79 Å². The Bertz CT molecular complexity index is 442. The Morgan fingerprint density at radius 1 is 1.36 bits per heavy atom. The van der Waals surface area contributed by atoms with E-state index in [1.165, 1.54) is 11.1 Å². The molecule has 1 N–H and O–H groups in total. The number of aromatic carboxylic acids is 1. The van der Waals surface area contributed by atoms with Crippen LogP contribution in [0.25, 0.3) is 5.57 Å². The zero-order valence-electron chi connectivity index (χ0n) is 8.29. The second kappa shape index (κ2) is 2.98. The van der Waals surface area contributed by atoms with Crippen molar-refractivity contribution < 1.29 is 9.90 Å². The predicted molar refractivity (Wildman–Crippen MR) is 55.5 cm³/mol. The summed E-state index contributed by atoms with van der Waals surface area (Å²) in [7, 11) is 0. The molecule has 0 saturated heterocycles. The highest BCUT2D eigenvalue weighted by atomic mass is 16.4. The maximum Gasteiger partial charge on any atom is 0.335 e. The fourth-order valence-electron chi connectivity index (χ4n) is 1.93. The van der Waals surface area contributed by atoms with Crippen molar-refractivity contribution >= 4 is 11.5 Å². The molecule has 0 radical (unpaired) electrons. The van der Waals surface area contributed by atoms with Crippen LogP contribution in [0.3, 0.4) is 0 Å². The Morgan fingerprint density at radius 3 is 2.71 bits per heavy atom. The maximum atomic E-state index is 10.8. The Morgan fingerprint density at radius 2 is 2.07 bits per heavy atom. The van der Waals surface area contributed by atoms with Crippen molar-refractivity contribution in [2.45, 2.75) is 20.3 Å². The van der Waals surface area contributed by atoms with Crippen LogP contribution >= 0.6 is 0 Å². The van der Waals surface area contributed by atoms with Gasteiger partial charge in [-0.1, -0.05) is 6.08 Å². The summed E-state index contributed by atoms with van der Waals surface area (Å²) in [5.41, 5.74) is 5.02. The molecule has 0 aliphatic heterocycles. The van der Waals surface area contributed by atoms with E-state index in [-0.39, 0.29) is 0 Å². The Kier molecular flexibility index (Phi) is 1.92. The van der Waals surface area contributed by atoms with Crippen molar-refractivity contribution in [3.8, 4) is 0 Å². The van der Waals surface area contributed by atoms with Crippen LogP contribution in [0, 0.1) is 6.92 Å². The summed E-state index contributed by atoms with van der Waals surface area (Å²) >= 11 is 0. The molecular weight excluding hydrogens is 176 g/mol. The van der Waals surface area contributed by atoms with Crippen LogP contribution in [-0.2, 0) is 6.42 Å². The first-order valence-electron chi connectivity index (χ1n) is 4.63. The SMILES string of the molecule is CC1=CCc2c(C)cc(C(=O)O)cc21. The molecule has 0 unspecified atom stereocenters. The first-order valence-corrected chi connectivity index (χ1v) is 4.63. The molecule has 0 bridgehead atoms. The lowest BCUT2D eigenvalue weighted by Gasteiger charge is -2.07. The van der Waals surface area contributed by atoms with E-state index >= 15 is 0 Å². The van der Waals surface area contributed by atoms with Gasteiger partial charge in [-0.2, -0.15) is 0 Å². The highest BCUT2D eigenvalue weighted by Crippen LogP contribution is 2.30. The number of hydrogen-bond donors (Lipinski definition) is 1. The Labute approximate surface area is 82.9 Å². The first-order chi connectivity index (χ1) is 6.59. The molecule has 0 amide bonds. The second-order valence-corrected chi connectivity index (χ2v) is 3.72. The quantitative estimate of drug-likeness (QED) is 0.735. The third-order valence-corrected chi connectivity index (χ3v) is 2.76. The average molecular weight is 188 g/mol. The predicted octanol–water partition coefficient (Wildman–Crippen LogP) is 2.65. The van der Waals surface area contributed by atoms with Gasteiger partial charge in [-0.3, -0.25) is 0 Å². The van der Waals surface area contributed by atoms with Crippen LogP contribution in [0.2, 0.25) is 0 Å². The largest absolute Gasteiger partial charge is 0.478 e. The van der Waals surface area contributed by atoms with Gasteiger partial charge in [0.05, 0.1) is 5.56 Å².